The maximum absolute atomic E-state index is 13.8. The van der Waals surface area contributed by atoms with Crippen molar-refractivity contribution in [3.05, 3.63) is 83.2 Å². The number of fused-ring (bicyclic) bond motifs is 1. The topological polar surface area (TPSA) is 92.7 Å². The van der Waals surface area contributed by atoms with Gasteiger partial charge in [-0.1, -0.05) is 17.4 Å². The van der Waals surface area contributed by atoms with Crippen LogP contribution in [0.15, 0.2) is 65.8 Å². The van der Waals surface area contributed by atoms with Gasteiger partial charge in [0.2, 0.25) is 10.0 Å². The predicted octanol–water partition coefficient (Wildman–Crippen LogP) is 4.95. The van der Waals surface area contributed by atoms with E-state index in [4.69, 9.17) is 9.72 Å². The number of anilines is 1. The number of carbonyl (C=O) groups excluding carboxylic acids is 1. The summed E-state index contributed by atoms with van der Waals surface area (Å²) < 4.78 is 34.7. The van der Waals surface area contributed by atoms with Gasteiger partial charge in [0.1, 0.15) is 0 Å². The lowest BCUT2D eigenvalue weighted by Crippen LogP contribution is -2.48. The molecular weight excluding hydrogens is 520 g/mol. The first-order chi connectivity index (χ1) is 18.1. The number of hydrogen-bond donors (Lipinski definition) is 0. The predicted molar refractivity (Wildman–Crippen MR) is 149 cm³/mol. The zero-order chi connectivity index (χ0) is 27.0. The molecule has 2 aromatic heterocycles. The number of aromatic nitrogens is 2. The smallest absolute Gasteiger partial charge is 0.260 e. The van der Waals surface area contributed by atoms with Crippen LogP contribution < -0.4 is 4.90 Å². The molecule has 0 aliphatic carbocycles. The average molecular weight is 551 g/mol. The van der Waals surface area contributed by atoms with Crippen LogP contribution in [0.1, 0.15) is 40.9 Å². The highest BCUT2D eigenvalue weighted by Crippen LogP contribution is 2.33. The quantitative estimate of drug-likeness (QED) is 0.337. The van der Waals surface area contributed by atoms with E-state index in [2.05, 4.69) is 18.0 Å². The fraction of sp³-hybridized carbons (Fsp3) is 0.321. The van der Waals surface area contributed by atoms with Gasteiger partial charge in [0.25, 0.3) is 5.91 Å². The summed E-state index contributed by atoms with van der Waals surface area (Å²) in [5, 5.41) is 0.576. The number of sulfonamides is 1. The van der Waals surface area contributed by atoms with E-state index in [1.807, 2.05) is 39.0 Å². The fourth-order valence-corrected chi connectivity index (χ4v) is 7.22. The van der Waals surface area contributed by atoms with E-state index in [-0.39, 0.29) is 29.6 Å². The van der Waals surface area contributed by atoms with Crippen LogP contribution in [-0.4, -0.2) is 53.9 Å². The summed E-state index contributed by atoms with van der Waals surface area (Å²) in [6.45, 7) is 8.70. The van der Waals surface area contributed by atoms with Crippen LogP contribution in [0.5, 0.6) is 0 Å². The van der Waals surface area contributed by atoms with Gasteiger partial charge in [-0.05, 0) is 86.8 Å². The number of aryl methyl sites for hydroxylation is 2. The van der Waals surface area contributed by atoms with Gasteiger partial charge >= 0.3 is 0 Å². The lowest BCUT2D eigenvalue weighted by Gasteiger charge is -2.34. The monoisotopic (exact) mass is 550 g/mol. The van der Waals surface area contributed by atoms with Gasteiger partial charge in [-0.3, -0.25) is 14.7 Å². The Kier molecular flexibility index (Phi) is 7.32. The molecular formula is C28H30N4O4S2. The second kappa shape index (κ2) is 10.5. The summed E-state index contributed by atoms with van der Waals surface area (Å²) in [4.78, 5) is 24.6. The summed E-state index contributed by atoms with van der Waals surface area (Å²) in [6, 6.07) is 14.0. The second-order valence-corrected chi connectivity index (χ2v) is 12.7. The molecule has 3 heterocycles. The third-order valence-corrected chi connectivity index (χ3v) is 9.54. The average Bonchev–Trinajstić information content (AvgIpc) is 3.29. The van der Waals surface area contributed by atoms with Crippen molar-refractivity contribution >= 4 is 42.6 Å². The minimum absolute atomic E-state index is 0.153. The Bertz CT molecular complexity index is 1520. The number of pyridine rings is 1. The zero-order valence-corrected chi connectivity index (χ0v) is 23.4. The first-order valence-corrected chi connectivity index (χ1v) is 14.7. The van der Waals surface area contributed by atoms with Crippen molar-refractivity contribution in [2.75, 3.05) is 18.0 Å². The Morgan fingerprint density at radius 2 is 1.76 bits per heavy atom. The van der Waals surface area contributed by atoms with Crippen molar-refractivity contribution in [2.45, 2.75) is 51.3 Å². The van der Waals surface area contributed by atoms with Crippen molar-refractivity contribution in [3.8, 4) is 0 Å². The first kappa shape index (κ1) is 26.4. The first-order valence-electron chi connectivity index (χ1n) is 12.5. The number of carbonyl (C=O) groups is 1. The number of hydrogen-bond acceptors (Lipinski definition) is 7. The molecule has 0 spiro atoms. The Labute approximate surface area is 227 Å². The standard InChI is InChI=1S/C28H30N4O4S2/c1-18-12-25-26(13-19(18)2)37-28(30-25)32(17-22-6-5-11-29-14-22)27(33)23-7-9-24(10-8-23)38(34,35)31-15-20(3)36-21(4)16-31/h5-14,20-21H,15-17H2,1-4H3. The normalized spacial score (nSPS) is 18.5. The molecule has 4 aromatic rings. The van der Waals surface area contributed by atoms with E-state index in [0.717, 1.165) is 21.3 Å². The van der Waals surface area contributed by atoms with Crippen molar-refractivity contribution in [2.24, 2.45) is 0 Å². The van der Waals surface area contributed by atoms with Crippen LogP contribution in [0.4, 0.5) is 5.13 Å². The maximum atomic E-state index is 13.8. The summed E-state index contributed by atoms with van der Waals surface area (Å²) in [5.74, 6) is -0.265. The van der Waals surface area contributed by atoms with Crippen molar-refractivity contribution in [3.63, 3.8) is 0 Å². The van der Waals surface area contributed by atoms with Gasteiger partial charge in [0, 0.05) is 31.0 Å². The molecule has 1 amide bonds. The fourth-order valence-electron chi connectivity index (χ4n) is 4.59. The van der Waals surface area contributed by atoms with Gasteiger partial charge < -0.3 is 4.74 Å². The number of thiazole rings is 1. The molecule has 2 atom stereocenters. The molecule has 1 aliphatic rings. The van der Waals surface area contributed by atoms with E-state index in [0.29, 0.717) is 23.8 Å². The van der Waals surface area contributed by atoms with Crippen LogP contribution in [0, 0.1) is 13.8 Å². The van der Waals surface area contributed by atoms with Crippen LogP contribution in [0.3, 0.4) is 0 Å². The largest absolute Gasteiger partial charge is 0.373 e. The third-order valence-electron chi connectivity index (χ3n) is 6.66. The van der Waals surface area contributed by atoms with Gasteiger partial charge in [-0.2, -0.15) is 4.31 Å². The highest BCUT2D eigenvalue weighted by Gasteiger charge is 2.32. The molecule has 0 N–H and O–H groups in total. The highest BCUT2D eigenvalue weighted by atomic mass is 32.2. The summed E-state index contributed by atoms with van der Waals surface area (Å²) in [7, 11) is -3.71. The van der Waals surface area contributed by atoms with E-state index in [9.17, 15) is 13.2 Å². The Morgan fingerprint density at radius 1 is 1.08 bits per heavy atom. The van der Waals surface area contributed by atoms with E-state index in [1.54, 1.807) is 29.4 Å². The number of rotatable bonds is 6. The van der Waals surface area contributed by atoms with Crippen LogP contribution in [-0.2, 0) is 21.3 Å². The van der Waals surface area contributed by atoms with Crippen molar-refractivity contribution in [1.29, 1.82) is 0 Å². The molecule has 0 radical (unpaired) electrons. The second-order valence-electron chi connectivity index (χ2n) is 9.76. The number of ether oxygens (including phenoxy) is 1. The Balaban J connectivity index is 1.46. The van der Waals surface area contributed by atoms with E-state index >= 15 is 0 Å². The molecule has 1 fully saturated rings. The number of nitrogens with zero attached hydrogens (tertiary/aromatic N) is 4. The lowest BCUT2D eigenvalue weighted by atomic mass is 10.1. The SMILES string of the molecule is Cc1cc2nc(N(Cc3cccnc3)C(=O)c3ccc(S(=O)(=O)N4CC(C)OC(C)C4)cc3)sc2cc1C. The van der Waals surface area contributed by atoms with Gasteiger partial charge in [-0.25, -0.2) is 13.4 Å². The lowest BCUT2D eigenvalue weighted by molar-refractivity contribution is -0.0440. The Morgan fingerprint density at radius 3 is 2.42 bits per heavy atom. The molecule has 10 heteroatoms. The highest BCUT2D eigenvalue weighted by molar-refractivity contribution is 7.89. The van der Waals surface area contributed by atoms with Gasteiger partial charge in [0.15, 0.2) is 5.13 Å². The van der Waals surface area contributed by atoms with Gasteiger partial charge in [0.05, 0.1) is 33.9 Å². The molecule has 2 aromatic carbocycles. The number of morpholine rings is 1. The minimum atomic E-state index is -3.71. The molecule has 0 saturated carbocycles. The van der Waals surface area contributed by atoms with Gasteiger partial charge in [-0.15, -0.1) is 0 Å². The third kappa shape index (κ3) is 5.35. The summed E-state index contributed by atoms with van der Waals surface area (Å²) >= 11 is 1.46. The molecule has 1 aliphatic heterocycles. The minimum Gasteiger partial charge on any atom is -0.373 e. The Hall–Kier alpha value is -3.18. The van der Waals surface area contributed by atoms with Crippen molar-refractivity contribution in [1.82, 2.24) is 14.3 Å². The van der Waals surface area contributed by atoms with Crippen LogP contribution >= 0.6 is 11.3 Å². The molecule has 5 rings (SSSR count). The number of amides is 1. The van der Waals surface area contributed by atoms with Crippen molar-refractivity contribution < 1.29 is 17.9 Å². The summed E-state index contributed by atoms with van der Waals surface area (Å²) in [5.41, 5.74) is 4.39. The molecule has 0 bridgehead atoms. The maximum Gasteiger partial charge on any atom is 0.260 e. The molecule has 8 nitrogen and oxygen atoms in total. The number of benzene rings is 2. The molecule has 198 valence electrons. The molecule has 1 saturated heterocycles. The molecule has 2 unspecified atom stereocenters. The zero-order valence-electron chi connectivity index (χ0n) is 21.8. The van der Waals surface area contributed by atoms with Crippen LogP contribution in [0.2, 0.25) is 0 Å². The summed E-state index contributed by atoms with van der Waals surface area (Å²) in [6.07, 6.45) is 3.05. The molecule has 38 heavy (non-hydrogen) atoms. The van der Waals surface area contributed by atoms with E-state index in [1.165, 1.54) is 33.3 Å². The van der Waals surface area contributed by atoms with Crippen LogP contribution in [0.25, 0.3) is 10.2 Å². The van der Waals surface area contributed by atoms with E-state index < -0.39 is 10.0 Å².